The Hall–Kier alpha value is -2.95. The molecule has 0 spiro atoms. The van der Waals surface area contributed by atoms with Crippen LogP contribution in [0.2, 0.25) is 0 Å². The van der Waals surface area contributed by atoms with Gasteiger partial charge < -0.3 is 4.90 Å². The van der Waals surface area contributed by atoms with Gasteiger partial charge in [-0.1, -0.05) is 81.8 Å². The number of carbonyl (C=O) groups is 1. The van der Waals surface area contributed by atoms with E-state index in [0.717, 1.165) is 40.2 Å². The summed E-state index contributed by atoms with van der Waals surface area (Å²) in [7, 11) is 1.91. The van der Waals surface area contributed by atoms with Crippen molar-refractivity contribution in [3.05, 3.63) is 54.1 Å². The summed E-state index contributed by atoms with van der Waals surface area (Å²) < 4.78 is 1.82. The molecular formula is C24H30N4O. The van der Waals surface area contributed by atoms with Crippen LogP contribution in [0.25, 0.3) is 22.5 Å². The molecule has 5 nitrogen and oxygen atoms in total. The molecule has 1 unspecified atom stereocenters. The van der Waals surface area contributed by atoms with Gasteiger partial charge in [0.1, 0.15) is 5.69 Å². The van der Waals surface area contributed by atoms with Gasteiger partial charge >= 0.3 is 0 Å². The number of nitrogens with zero attached hydrogens (tertiary/aromatic N) is 4. The maximum absolute atomic E-state index is 13.2. The van der Waals surface area contributed by atoms with Crippen molar-refractivity contribution in [2.45, 2.75) is 47.1 Å². The molecule has 29 heavy (non-hydrogen) atoms. The molecule has 0 saturated carbocycles. The monoisotopic (exact) mass is 390 g/mol. The van der Waals surface area contributed by atoms with Gasteiger partial charge in [0.25, 0.3) is 0 Å². The number of fused-ring (bicyclic) bond motifs is 5. The highest BCUT2D eigenvalue weighted by molar-refractivity contribution is 6.00. The second-order valence-electron chi connectivity index (χ2n) is 7.53. The lowest BCUT2D eigenvalue weighted by atomic mass is 9.94. The van der Waals surface area contributed by atoms with Gasteiger partial charge in [-0.05, 0) is 18.1 Å². The average Bonchev–Trinajstić information content (AvgIpc) is 3.11. The molecule has 0 radical (unpaired) electrons. The molecule has 0 bridgehead atoms. The van der Waals surface area contributed by atoms with Gasteiger partial charge in [-0.3, -0.25) is 4.79 Å². The molecule has 1 aromatic heterocycles. The number of hydrogen-bond donors (Lipinski definition) is 0. The van der Waals surface area contributed by atoms with Crippen LogP contribution in [0, 0.1) is 5.92 Å². The van der Waals surface area contributed by atoms with Gasteiger partial charge in [0.15, 0.2) is 0 Å². The third kappa shape index (κ3) is 3.95. The van der Waals surface area contributed by atoms with E-state index in [1.165, 1.54) is 6.42 Å². The zero-order chi connectivity index (χ0) is 21.0. The second kappa shape index (κ2) is 9.03. The Kier molecular flexibility index (Phi) is 6.47. The Morgan fingerprint density at radius 1 is 1.03 bits per heavy atom. The Balaban J connectivity index is 0.000000755. The number of aromatic nitrogens is 3. The molecule has 0 saturated heterocycles. The van der Waals surface area contributed by atoms with Crippen molar-refractivity contribution in [3.8, 4) is 22.5 Å². The number of para-hydroxylation sites is 1. The largest absolute Gasteiger partial charge is 0.307 e. The molecule has 1 atom stereocenters. The molecule has 3 aromatic rings. The number of anilines is 1. The summed E-state index contributed by atoms with van der Waals surface area (Å²) in [6.45, 7) is 8.83. The second-order valence-corrected chi connectivity index (χ2v) is 7.53. The van der Waals surface area contributed by atoms with Crippen LogP contribution in [-0.4, -0.2) is 20.9 Å². The minimum absolute atomic E-state index is 0.0315. The van der Waals surface area contributed by atoms with Crippen LogP contribution in [-0.2, 0) is 18.4 Å². The average molecular weight is 391 g/mol. The quantitative estimate of drug-likeness (QED) is 0.584. The number of aryl methyl sites for hydroxylation is 1. The number of carbonyl (C=O) groups excluding carboxylic acids is 1. The topological polar surface area (TPSA) is 51.0 Å². The van der Waals surface area contributed by atoms with E-state index in [9.17, 15) is 4.79 Å². The van der Waals surface area contributed by atoms with Crippen LogP contribution >= 0.6 is 0 Å². The molecule has 1 aliphatic heterocycles. The summed E-state index contributed by atoms with van der Waals surface area (Å²) >= 11 is 0. The van der Waals surface area contributed by atoms with Gasteiger partial charge in [0.05, 0.1) is 17.9 Å². The Labute approximate surface area is 173 Å². The van der Waals surface area contributed by atoms with Gasteiger partial charge in [0.2, 0.25) is 5.91 Å². The summed E-state index contributed by atoms with van der Waals surface area (Å²) in [5.41, 5.74) is 5.83. The van der Waals surface area contributed by atoms with Crippen LogP contribution < -0.4 is 4.90 Å². The van der Waals surface area contributed by atoms with E-state index < -0.39 is 0 Å². The number of benzene rings is 2. The summed E-state index contributed by atoms with van der Waals surface area (Å²) in [6, 6.07) is 16.2. The summed E-state index contributed by atoms with van der Waals surface area (Å²) in [4.78, 5) is 15.1. The molecule has 2 heterocycles. The predicted octanol–water partition coefficient (Wildman–Crippen LogP) is 5.46. The van der Waals surface area contributed by atoms with E-state index in [0.29, 0.717) is 6.54 Å². The van der Waals surface area contributed by atoms with Crippen LogP contribution in [0.4, 0.5) is 5.69 Å². The molecule has 152 valence electrons. The molecule has 1 aliphatic rings. The standard InChI is InChI=1S/C21H22N4O.C3H8/c1-4-14(2)21(26)25-13-15-9-5-6-10-16(15)20-19(22-23-24(20)3)17-11-7-8-12-18(17)25;1-3-2/h5-12,14H,4,13H2,1-3H3;3H2,1-2H3. The lowest BCUT2D eigenvalue weighted by Crippen LogP contribution is -2.35. The maximum atomic E-state index is 13.2. The molecule has 1 amide bonds. The van der Waals surface area contributed by atoms with Crippen molar-refractivity contribution in [2.24, 2.45) is 13.0 Å². The maximum Gasteiger partial charge on any atom is 0.230 e. The highest BCUT2D eigenvalue weighted by atomic mass is 16.2. The minimum atomic E-state index is -0.0315. The van der Waals surface area contributed by atoms with Crippen molar-refractivity contribution in [1.29, 1.82) is 0 Å². The van der Waals surface area contributed by atoms with E-state index in [1.807, 2.05) is 66.9 Å². The first-order valence-electron chi connectivity index (χ1n) is 10.4. The van der Waals surface area contributed by atoms with Crippen LogP contribution in [0.5, 0.6) is 0 Å². The molecule has 0 fully saturated rings. The Morgan fingerprint density at radius 3 is 2.34 bits per heavy atom. The molecular weight excluding hydrogens is 360 g/mol. The fraction of sp³-hybridized carbons (Fsp3) is 0.375. The van der Waals surface area contributed by atoms with E-state index in [2.05, 4.69) is 36.3 Å². The normalized spacial score (nSPS) is 13.1. The Morgan fingerprint density at radius 2 is 1.66 bits per heavy atom. The number of amides is 1. The van der Waals surface area contributed by atoms with Crippen LogP contribution in [0.15, 0.2) is 48.5 Å². The third-order valence-corrected chi connectivity index (χ3v) is 5.18. The number of hydrogen-bond acceptors (Lipinski definition) is 3. The minimum Gasteiger partial charge on any atom is -0.307 e. The SMILES string of the molecule is CCC.CCC(C)C(=O)N1Cc2ccccc2-c2c(nnn2C)-c2ccccc21. The van der Waals surface area contributed by atoms with Crippen molar-refractivity contribution in [3.63, 3.8) is 0 Å². The van der Waals surface area contributed by atoms with E-state index in [1.54, 1.807) is 0 Å². The van der Waals surface area contributed by atoms with Gasteiger partial charge in [-0.15, -0.1) is 5.10 Å². The van der Waals surface area contributed by atoms with Crippen molar-refractivity contribution in [2.75, 3.05) is 4.90 Å². The first kappa shape index (κ1) is 20.8. The first-order chi connectivity index (χ1) is 14.0. The van der Waals surface area contributed by atoms with Gasteiger partial charge in [-0.25, -0.2) is 4.68 Å². The van der Waals surface area contributed by atoms with Gasteiger partial charge in [0, 0.05) is 24.1 Å². The predicted molar refractivity (Wildman–Crippen MR) is 118 cm³/mol. The summed E-state index contributed by atoms with van der Waals surface area (Å²) in [5, 5.41) is 8.70. The van der Waals surface area contributed by atoms with Crippen LogP contribution in [0.1, 0.15) is 46.1 Å². The van der Waals surface area contributed by atoms with E-state index in [4.69, 9.17) is 0 Å². The summed E-state index contributed by atoms with van der Waals surface area (Å²) in [6.07, 6.45) is 2.07. The molecule has 4 rings (SSSR count). The molecule has 0 aliphatic carbocycles. The third-order valence-electron chi connectivity index (χ3n) is 5.18. The van der Waals surface area contributed by atoms with Gasteiger partial charge in [-0.2, -0.15) is 0 Å². The molecule has 5 heteroatoms. The zero-order valence-electron chi connectivity index (χ0n) is 18.0. The Bertz CT molecular complexity index is 992. The highest BCUT2D eigenvalue weighted by Crippen LogP contribution is 2.40. The smallest absolute Gasteiger partial charge is 0.230 e. The van der Waals surface area contributed by atoms with E-state index in [-0.39, 0.29) is 11.8 Å². The lowest BCUT2D eigenvalue weighted by molar-refractivity contribution is -0.122. The van der Waals surface area contributed by atoms with Crippen molar-refractivity contribution < 1.29 is 4.79 Å². The number of rotatable bonds is 2. The first-order valence-corrected chi connectivity index (χ1v) is 10.4. The highest BCUT2D eigenvalue weighted by Gasteiger charge is 2.29. The molecule has 2 aromatic carbocycles. The molecule has 0 N–H and O–H groups in total. The fourth-order valence-electron chi connectivity index (χ4n) is 3.53. The van der Waals surface area contributed by atoms with Crippen molar-refractivity contribution in [1.82, 2.24) is 15.0 Å². The zero-order valence-corrected chi connectivity index (χ0v) is 18.0. The fourth-order valence-corrected chi connectivity index (χ4v) is 3.53. The van der Waals surface area contributed by atoms with Crippen molar-refractivity contribution >= 4 is 11.6 Å². The van der Waals surface area contributed by atoms with E-state index >= 15 is 0 Å². The lowest BCUT2D eigenvalue weighted by Gasteiger charge is -2.30. The summed E-state index contributed by atoms with van der Waals surface area (Å²) in [5.74, 6) is 0.109. The van der Waals surface area contributed by atoms with Crippen LogP contribution in [0.3, 0.4) is 0 Å².